The zero-order chi connectivity index (χ0) is 34.4. The van der Waals surface area contributed by atoms with Gasteiger partial charge in [-0.05, 0) is 57.2 Å². The maximum absolute atomic E-state index is 14.3. The highest BCUT2D eigenvalue weighted by Gasteiger charge is 2.26. The molecule has 0 spiro atoms. The van der Waals surface area contributed by atoms with E-state index < -0.39 is 29.3 Å². The molecule has 0 unspecified atom stereocenters. The van der Waals surface area contributed by atoms with Gasteiger partial charge < -0.3 is 9.84 Å². The van der Waals surface area contributed by atoms with Crippen molar-refractivity contribution in [2.24, 2.45) is 0 Å². The first-order chi connectivity index (χ1) is 22.9. The third-order valence-electron chi connectivity index (χ3n) is 7.82. The monoisotopic (exact) mass is 689 g/mol. The van der Waals surface area contributed by atoms with Crippen LogP contribution < -0.4 is 10.3 Å². The predicted molar refractivity (Wildman–Crippen MR) is 176 cm³/mol. The van der Waals surface area contributed by atoms with Gasteiger partial charge in [-0.15, -0.1) is 11.3 Å². The first-order valence-corrected chi connectivity index (χ1v) is 15.6. The number of benzene rings is 2. The van der Waals surface area contributed by atoms with Gasteiger partial charge in [0.1, 0.15) is 30.1 Å². The van der Waals surface area contributed by atoms with E-state index in [1.807, 2.05) is 6.07 Å². The van der Waals surface area contributed by atoms with Crippen LogP contribution in [0.4, 0.5) is 13.2 Å². The Bertz CT molecular complexity index is 2400. The predicted octanol–water partition coefficient (Wildman–Crippen LogP) is 8.04. The van der Waals surface area contributed by atoms with Crippen molar-refractivity contribution in [1.82, 2.24) is 19.5 Å². The standard InChI is InChI=1S/C34H23ClF3N5O4S/c1-15-8-22(31-30(41-15)25(14-48-31)34(45)46)21-9-18(35)4-5-27(21)47-7-6-43-17(3)42-26-11-23(32(37)38)28(24(12-39)29(26)33(43)44)20-10-19(36)13-40-16(20)2/h4-5,8-11,13-14,32H,6-7H2,1-3H3,(H,45,46). The Hall–Kier alpha value is -5.32. The van der Waals surface area contributed by atoms with Crippen molar-refractivity contribution in [3.05, 3.63) is 103 Å². The summed E-state index contributed by atoms with van der Waals surface area (Å²) in [5.74, 6) is -1.30. The third kappa shape index (κ3) is 5.74. The molecular formula is C34H23ClF3N5O4S. The zero-order valence-corrected chi connectivity index (χ0v) is 27.0. The largest absolute Gasteiger partial charge is 0.491 e. The number of carbonyl (C=O) groups is 1. The summed E-state index contributed by atoms with van der Waals surface area (Å²) < 4.78 is 50.9. The van der Waals surface area contributed by atoms with Crippen LogP contribution >= 0.6 is 22.9 Å². The van der Waals surface area contributed by atoms with Crippen molar-refractivity contribution in [3.8, 4) is 34.1 Å². The molecule has 0 aliphatic carbocycles. The molecule has 0 saturated carbocycles. The molecule has 6 rings (SSSR count). The van der Waals surface area contributed by atoms with Crippen LogP contribution in [0, 0.1) is 37.9 Å². The van der Waals surface area contributed by atoms with Crippen LogP contribution in [0.5, 0.6) is 5.75 Å². The smallest absolute Gasteiger partial charge is 0.338 e. The highest BCUT2D eigenvalue weighted by atomic mass is 35.5. The molecule has 4 heterocycles. The van der Waals surface area contributed by atoms with E-state index >= 15 is 0 Å². The molecule has 0 amide bonds. The second-order valence-electron chi connectivity index (χ2n) is 10.9. The summed E-state index contributed by atoms with van der Waals surface area (Å²) in [7, 11) is 0. The lowest BCUT2D eigenvalue weighted by Gasteiger charge is -2.18. The van der Waals surface area contributed by atoms with Gasteiger partial charge in [-0.3, -0.25) is 19.3 Å². The number of rotatable bonds is 8. The summed E-state index contributed by atoms with van der Waals surface area (Å²) >= 11 is 7.59. The van der Waals surface area contributed by atoms with Crippen molar-refractivity contribution in [3.63, 3.8) is 0 Å². The molecule has 0 atom stereocenters. The number of carboxylic acids is 1. The molecule has 0 fully saturated rings. The normalized spacial score (nSPS) is 11.4. The van der Waals surface area contributed by atoms with E-state index in [9.17, 15) is 33.1 Å². The molecule has 2 aromatic carbocycles. The molecule has 0 bridgehead atoms. The maximum atomic E-state index is 14.3. The van der Waals surface area contributed by atoms with Crippen molar-refractivity contribution in [2.45, 2.75) is 33.7 Å². The maximum Gasteiger partial charge on any atom is 0.338 e. The molecule has 9 nitrogen and oxygen atoms in total. The van der Waals surface area contributed by atoms with Crippen LogP contribution in [0.2, 0.25) is 5.02 Å². The molecule has 0 aliphatic heterocycles. The number of nitriles is 1. The van der Waals surface area contributed by atoms with E-state index in [-0.39, 0.29) is 57.8 Å². The number of halogens is 4. The summed E-state index contributed by atoms with van der Waals surface area (Å²) in [5.41, 5.74) is 0.435. The Balaban J connectivity index is 1.42. The average Bonchev–Trinajstić information content (AvgIpc) is 3.47. The quantitative estimate of drug-likeness (QED) is 0.170. The molecule has 0 saturated heterocycles. The number of hydrogen-bond acceptors (Lipinski definition) is 8. The summed E-state index contributed by atoms with van der Waals surface area (Å²) in [6, 6.07) is 10.7. The Morgan fingerprint density at radius 3 is 2.60 bits per heavy atom. The Morgan fingerprint density at radius 2 is 1.90 bits per heavy atom. The van der Waals surface area contributed by atoms with Gasteiger partial charge in [0.2, 0.25) is 0 Å². The lowest BCUT2D eigenvalue weighted by Crippen LogP contribution is -2.27. The fraction of sp³-hybridized carbons (Fsp3) is 0.176. The molecule has 0 radical (unpaired) electrons. The van der Waals surface area contributed by atoms with Crippen LogP contribution in [0.3, 0.4) is 0 Å². The van der Waals surface area contributed by atoms with E-state index in [1.165, 1.54) is 35.1 Å². The number of ether oxygens (including phenoxy) is 1. The number of fused-ring (bicyclic) bond motifs is 2. The first-order valence-electron chi connectivity index (χ1n) is 14.3. The summed E-state index contributed by atoms with van der Waals surface area (Å²) in [6.45, 7) is 4.67. The molecule has 48 heavy (non-hydrogen) atoms. The van der Waals surface area contributed by atoms with E-state index in [1.54, 1.807) is 31.2 Å². The van der Waals surface area contributed by atoms with Gasteiger partial charge in [0.05, 0.1) is 45.0 Å². The van der Waals surface area contributed by atoms with Crippen LogP contribution in [-0.4, -0.2) is 37.2 Å². The number of aryl methyl sites for hydroxylation is 3. The second-order valence-corrected chi connectivity index (χ2v) is 12.2. The fourth-order valence-electron chi connectivity index (χ4n) is 5.68. The van der Waals surface area contributed by atoms with Crippen molar-refractivity contribution in [2.75, 3.05) is 6.61 Å². The highest BCUT2D eigenvalue weighted by Crippen LogP contribution is 2.41. The molecule has 0 aliphatic rings. The minimum Gasteiger partial charge on any atom is -0.491 e. The van der Waals surface area contributed by atoms with E-state index in [0.717, 1.165) is 18.3 Å². The summed E-state index contributed by atoms with van der Waals surface area (Å²) in [6.07, 6.45) is -2.12. The number of hydrogen-bond donors (Lipinski definition) is 1. The van der Waals surface area contributed by atoms with Gasteiger partial charge in [-0.2, -0.15) is 5.26 Å². The Labute approximate surface area is 279 Å². The number of aromatic nitrogens is 4. The van der Waals surface area contributed by atoms with Crippen LogP contribution in [0.1, 0.15) is 45.1 Å². The van der Waals surface area contributed by atoms with Crippen LogP contribution in [-0.2, 0) is 6.54 Å². The number of alkyl halides is 2. The summed E-state index contributed by atoms with van der Waals surface area (Å²) in [5, 5.41) is 21.6. The van der Waals surface area contributed by atoms with Crippen molar-refractivity contribution < 1.29 is 27.8 Å². The van der Waals surface area contributed by atoms with Gasteiger partial charge in [0, 0.05) is 49.6 Å². The van der Waals surface area contributed by atoms with Gasteiger partial charge in [-0.25, -0.2) is 22.9 Å². The molecule has 1 N–H and O–H groups in total. The van der Waals surface area contributed by atoms with E-state index in [2.05, 4.69) is 15.0 Å². The number of thiophene rings is 1. The lowest BCUT2D eigenvalue weighted by molar-refractivity contribution is 0.0699. The molecule has 4 aromatic heterocycles. The molecule has 242 valence electrons. The van der Waals surface area contributed by atoms with E-state index in [0.29, 0.717) is 37.8 Å². The van der Waals surface area contributed by atoms with Crippen LogP contribution in [0.15, 0.2) is 52.8 Å². The van der Waals surface area contributed by atoms with Crippen molar-refractivity contribution >= 4 is 50.0 Å². The fourth-order valence-corrected chi connectivity index (χ4v) is 6.87. The molecule has 14 heteroatoms. The number of pyridine rings is 2. The van der Waals surface area contributed by atoms with Gasteiger partial charge in [0.25, 0.3) is 12.0 Å². The Morgan fingerprint density at radius 1 is 1.12 bits per heavy atom. The van der Waals surface area contributed by atoms with Gasteiger partial charge in [-0.1, -0.05) is 11.6 Å². The van der Waals surface area contributed by atoms with Gasteiger partial charge >= 0.3 is 5.97 Å². The highest BCUT2D eigenvalue weighted by molar-refractivity contribution is 7.18. The Kier molecular flexibility index (Phi) is 8.63. The summed E-state index contributed by atoms with van der Waals surface area (Å²) in [4.78, 5) is 38.5. The average molecular weight is 690 g/mol. The lowest BCUT2D eigenvalue weighted by atomic mass is 9.91. The third-order valence-corrected chi connectivity index (χ3v) is 9.06. The van der Waals surface area contributed by atoms with Crippen molar-refractivity contribution in [1.29, 1.82) is 5.26 Å². The second kappa shape index (κ2) is 12.7. The number of nitrogens with zero attached hydrogens (tertiary/aromatic N) is 5. The zero-order valence-electron chi connectivity index (χ0n) is 25.4. The minimum atomic E-state index is -3.05. The van der Waals surface area contributed by atoms with E-state index in [4.69, 9.17) is 16.3 Å². The topological polar surface area (TPSA) is 131 Å². The SMILES string of the molecule is Cc1cc(-c2cc(Cl)ccc2OCCn2c(C)nc3cc(C(F)F)c(-c4cc(F)cnc4C)c(C#N)c3c2=O)c2scc(C(=O)O)c2n1. The molecule has 6 aromatic rings. The molecular weight excluding hydrogens is 667 g/mol. The number of carboxylic acid groups (broad SMARTS) is 1. The first kappa shape index (κ1) is 32.6. The number of aromatic carboxylic acids is 1. The van der Waals surface area contributed by atoms with Crippen LogP contribution in [0.25, 0.3) is 43.4 Å². The minimum absolute atomic E-state index is 0.0319. The van der Waals surface area contributed by atoms with Gasteiger partial charge in [0.15, 0.2) is 0 Å².